The zero-order valence-corrected chi connectivity index (χ0v) is 11.0. The molecule has 1 N–H and O–H groups in total. The molecule has 0 saturated carbocycles. The maximum absolute atomic E-state index is 12.9. The van der Waals surface area contributed by atoms with E-state index in [0.29, 0.717) is 17.9 Å². The monoisotopic (exact) mass is 275 g/mol. The van der Waals surface area contributed by atoms with E-state index in [1.165, 1.54) is 24.4 Å². The Labute approximate surface area is 115 Å². The van der Waals surface area contributed by atoms with Gasteiger partial charge in [-0.2, -0.15) is 0 Å². The number of benzene rings is 1. The third kappa shape index (κ3) is 3.12. The molecule has 1 aromatic carbocycles. The van der Waals surface area contributed by atoms with E-state index >= 15 is 0 Å². The molecule has 0 unspecified atom stereocenters. The van der Waals surface area contributed by atoms with Crippen molar-refractivity contribution in [2.24, 2.45) is 0 Å². The van der Waals surface area contributed by atoms with E-state index in [2.05, 4.69) is 4.98 Å². The molecule has 0 radical (unpaired) electrons. The molecule has 0 atom stereocenters. The lowest BCUT2D eigenvalue weighted by Gasteiger charge is -2.09. The largest absolute Gasteiger partial charge is 0.491 e. The van der Waals surface area contributed by atoms with Gasteiger partial charge >= 0.3 is 5.97 Å². The minimum absolute atomic E-state index is 0.0489. The SMILES string of the molecule is CCCOc1cnc(-c2ccc(F)cc2)cc1C(=O)O. The van der Waals surface area contributed by atoms with E-state index in [4.69, 9.17) is 4.74 Å². The quantitative estimate of drug-likeness (QED) is 0.908. The van der Waals surface area contributed by atoms with Gasteiger partial charge in [-0.1, -0.05) is 6.92 Å². The van der Waals surface area contributed by atoms with Crippen LogP contribution in [-0.2, 0) is 0 Å². The number of rotatable bonds is 5. The first kappa shape index (κ1) is 14.0. The first-order chi connectivity index (χ1) is 9.61. The summed E-state index contributed by atoms with van der Waals surface area (Å²) < 4.78 is 18.2. The van der Waals surface area contributed by atoms with E-state index in [-0.39, 0.29) is 17.1 Å². The summed E-state index contributed by atoms with van der Waals surface area (Å²) in [7, 11) is 0. The number of halogens is 1. The molecule has 0 aliphatic carbocycles. The summed E-state index contributed by atoms with van der Waals surface area (Å²) in [5, 5.41) is 9.21. The molecular weight excluding hydrogens is 261 g/mol. The second-order valence-electron chi connectivity index (χ2n) is 4.23. The predicted molar refractivity (Wildman–Crippen MR) is 72.4 cm³/mol. The van der Waals surface area contributed by atoms with Crippen LogP contribution in [0.15, 0.2) is 36.5 Å². The first-order valence-electron chi connectivity index (χ1n) is 6.24. The van der Waals surface area contributed by atoms with Crippen LogP contribution in [-0.4, -0.2) is 22.7 Å². The van der Waals surface area contributed by atoms with Gasteiger partial charge in [0.15, 0.2) is 5.75 Å². The van der Waals surface area contributed by atoms with Crippen LogP contribution in [0.5, 0.6) is 5.75 Å². The van der Waals surface area contributed by atoms with Crippen molar-refractivity contribution in [1.29, 1.82) is 0 Å². The zero-order chi connectivity index (χ0) is 14.5. The van der Waals surface area contributed by atoms with E-state index in [0.717, 1.165) is 6.42 Å². The molecule has 0 aliphatic rings. The Balaban J connectivity index is 2.39. The number of pyridine rings is 1. The Hall–Kier alpha value is -2.43. The number of carbonyl (C=O) groups is 1. The fourth-order valence-corrected chi connectivity index (χ4v) is 1.72. The molecule has 5 heteroatoms. The third-order valence-corrected chi connectivity index (χ3v) is 2.70. The van der Waals surface area contributed by atoms with E-state index < -0.39 is 5.97 Å². The van der Waals surface area contributed by atoms with Crippen LogP contribution in [0.3, 0.4) is 0 Å². The fraction of sp³-hybridized carbons (Fsp3) is 0.200. The van der Waals surface area contributed by atoms with Gasteiger partial charge in [-0.15, -0.1) is 0 Å². The topological polar surface area (TPSA) is 59.4 Å². The standard InChI is InChI=1S/C15H14FNO3/c1-2-7-20-14-9-17-13(8-12(14)15(18)19)10-3-5-11(16)6-4-10/h3-6,8-9H,2,7H2,1H3,(H,18,19). The number of hydrogen-bond acceptors (Lipinski definition) is 3. The highest BCUT2D eigenvalue weighted by atomic mass is 19.1. The van der Waals surface area contributed by atoms with Crippen LogP contribution in [0, 0.1) is 5.82 Å². The minimum atomic E-state index is -1.08. The average Bonchev–Trinajstić information content (AvgIpc) is 2.45. The Kier molecular flexibility index (Phi) is 4.30. The number of hydrogen-bond donors (Lipinski definition) is 1. The van der Waals surface area contributed by atoms with Crippen LogP contribution in [0.1, 0.15) is 23.7 Å². The van der Waals surface area contributed by atoms with Crippen molar-refractivity contribution in [2.75, 3.05) is 6.61 Å². The molecule has 2 aromatic rings. The fourth-order valence-electron chi connectivity index (χ4n) is 1.72. The lowest BCUT2D eigenvalue weighted by atomic mass is 10.1. The number of aromatic carboxylic acids is 1. The van der Waals surface area contributed by atoms with Crippen molar-refractivity contribution in [2.45, 2.75) is 13.3 Å². The average molecular weight is 275 g/mol. The van der Waals surface area contributed by atoms with Gasteiger partial charge in [0.25, 0.3) is 0 Å². The maximum atomic E-state index is 12.9. The Bertz CT molecular complexity index is 611. The third-order valence-electron chi connectivity index (χ3n) is 2.70. The molecule has 2 rings (SSSR count). The number of carboxylic acids is 1. The van der Waals surface area contributed by atoms with Crippen molar-refractivity contribution in [3.8, 4) is 17.0 Å². The van der Waals surface area contributed by atoms with E-state index in [1.807, 2.05) is 6.92 Å². The van der Waals surface area contributed by atoms with Gasteiger partial charge < -0.3 is 9.84 Å². The molecule has 4 nitrogen and oxygen atoms in total. The Morgan fingerprint density at radius 2 is 2.05 bits per heavy atom. The normalized spacial score (nSPS) is 10.3. The van der Waals surface area contributed by atoms with E-state index in [9.17, 15) is 14.3 Å². The van der Waals surface area contributed by atoms with Crippen LogP contribution in [0.25, 0.3) is 11.3 Å². The summed E-state index contributed by atoms with van der Waals surface area (Å²) in [5.74, 6) is -1.19. The molecule has 0 spiro atoms. The van der Waals surface area contributed by atoms with Crippen LogP contribution < -0.4 is 4.74 Å². The molecule has 0 amide bonds. The lowest BCUT2D eigenvalue weighted by Crippen LogP contribution is -2.05. The summed E-state index contributed by atoms with van der Waals surface area (Å²) in [6.07, 6.45) is 2.16. The van der Waals surface area contributed by atoms with Crippen LogP contribution in [0.2, 0.25) is 0 Å². The summed E-state index contributed by atoms with van der Waals surface area (Å²) in [4.78, 5) is 15.4. The van der Waals surface area contributed by atoms with Gasteiger partial charge in [0.2, 0.25) is 0 Å². The second-order valence-corrected chi connectivity index (χ2v) is 4.23. The van der Waals surface area contributed by atoms with Crippen molar-refractivity contribution < 1.29 is 19.0 Å². The van der Waals surface area contributed by atoms with Gasteiger partial charge in [-0.3, -0.25) is 4.98 Å². The molecule has 0 bridgehead atoms. The van der Waals surface area contributed by atoms with Gasteiger partial charge in [0, 0.05) is 5.56 Å². The van der Waals surface area contributed by atoms with Crippen molar-refractivity contribution in [3.05, 3.63) is 47.9 Å². The Morgan fingerprint density at radius 1 is 1.35 bits per heavy atom. The summed E-state index contributed by atoms with van der Waals surface area (Å²) >= 11 is 0. The van der Waals surface area contributed by atoms with Crippen LogP contribution in [0.4, 0.5) is 4.39 Å². The van der Waals surface area contributed by atoms with Gasteiger partial charge in [-0.25, -0.2) is 9.18 Å². The zero-order valence-electron chi connectivity index (χ0n) is 11.0. The van der Waals surface area contributed by atoms with E-state index in [1.54, 1.807) is 12.1 Å². The molecule has 104 valence electrons. The van der Waals surface area contributed by atoms with Gasteiger partial charge in [0.1, 0.15) is 11.4 Å². The van der Waals surface area contributed by atoms with Gasteiger partial charge in [0.05, 0.1) is 18.5 Å². The maximum Gasteiger partial charge on any atom is 0.339 e. The molecule has 0 fully saturated rings. The molecular formula is C15H14FNO3. The minimum Gasteiger partial charge on any atom is -0.491 e. The predicted octanol–water partition coefficient (Wildman–Crippen LogP) is 3.37. The van der Waals surface area contributed by atoms with Crippen molar-refractivity contribution in [3.63, 3.8) is 0 Å². The molecule has 0 saturated heterocycles. The van der Waals surface area contributed by atoms with Crippen molar-refractivity contribution in [1.82, 2.24) is 4.98 Å². The summed E-state index contributed by atoms with van der Waals surface area (Å²) in [6.45, 7) is 2.36. The number of ether oxygens (including phenoxy) is 1. The highest BCUT2D eigenvalue weighted by molar-refractivity contribution is 5.92. The summed E-state index contributed by atoms with van der Waals surface area (Å²) in [5.41, 5.74) is 1.16. The smallest absolute Gasteiger partial charge is 0.339 e. The number of carboxylic acid groups (broad SMARTS) is 1. The molecule has 1 aromatic heterocycles. The first-order valence-corrected chi connectivity index (χ1v) is 6.24. The number of nitrogens with zero attached hydrogens (tertiary/aromatic N) is 1. The highest BCUT2D eigenvalue weighted by Crippen LogP contribution is 2.24. The van der Waals surface area contributed by atoms with Crippen LogP contribution >= 0.6 is 0 Å². The molecule has 20 heavy (non-hydrogen) atoms. The Morgan fingerprint density at radius 3 is 2.65 bits per heavy atom. The van der Waals surface area contributed by atoms with Gasteiger partial charge in [-0.05, 0) is 36.8 Å². The van der Waals surface area contributed by atoms with Crippen molar-refractivity contribution >= 4 is 5.97 Å². The second kappa shape index (κ2) is 6.14. The molecule has 0 aliphatic heterocycles. The lowest BCUT2D eigenvalue weighted by molar-refractivity contribution is 0.0692. The molecule has 1 heterocycles. The summed E-state index contributed by atoms with van der Waals surface area (Å²) in [6, 6.07) is 7.14. The number of aromatic nitrogens is 1. The highest BCUT2D eigenvalue weighted by Gasteiger charge is 2.14.